The highest BCUT2D eigenvalue weighted by atomic mass is 16.6. The van der Waals surface area contributed by atoms with Gasteiger partial charge in [0.15, 0.2) is 0 Å². The third-order valence-corrected chi connectivity index (χ3v) is 4.26. The topological polar surface area (TPSA) is 65.9 Å². The summed E-state index contributed by atoms with van der Waals surface area (Å²) in [5.74, 6) is 0.231. The van der Waals surface area contributed by atoms with Gasteiger partial charge in [0.25, 0.3) is 0 Å². The van der Waals surface area contributed by atoms with Crippen molar-refractivity contribution in [2.45, 2.75) is 39.3 Å². The Hall–Kier alpha value is -2.50. The largest absolute Gasteiger partial charge is 0.508 e. The second-order valence-electron chi connectivity index (χ2n) is 7.54. The Labute approximate surface area is 148 Å². The van der Waals surface area contributed by atoms with Crippen molar-refractivity contribution in [1.29, 1.82) is 0 Å². The molecule has 134 valence electrons. The van der Waals surface area contributed by atoms with Gasteiger partial charge in [-0.25, -0.2) is 4.79 Å². The fourth-order valence-corrected chi connectivity index (χ4v) is 3.10. The summed E-state index contributed by atoms with van der Waals surface area (Å²) in [4.78, 5) is 20.7. The molecule has 2 aromatic rings. The molecule has 2 heterocycles. The number of hydrogen-bond acceptors (Lipinski definition) is 5. The lowest BCUT2D eigenvalue weighted by molar-refractivity contribution is 0.0219. The Morgan fingerprint density at radius 2 is 2.04 bits per heavy atom. The predicted molar refractivity (Wildman–Crippen MR) is 98.0 cm³/mol. The van der Waals surface area contributed by atoms with Crippen LogP contribution in [0.25, 0.3) is 10.9 Å². The lowest BCUT2D eigenvalue weighted by atomic mass is 10.1. The van der Waals surface area contributed by atoms with Crippen LogP contribution in [0.4, 0.5) is 10.5 Å². The Morgan fingerprint density at radius 1 is 1.28 bits per heavy atom. The van der Waals surface area contributed by atoms with Crippen LogP contribution >= 0.6 is 0 Å². The first-order chi connectivity index (χ1) is 11.7. The molecule has 3 rings (SSSR count). The molecular weight excluding hydrogens is 318 g/mol. The minimum absolute atomic E-state index is 0.151. The van der Waals surface area contributed by atoms with Crippen molar-refractivity contribution in [2.24, 2.45) is 0 Å². The summed E-state index contributed by atoms with van der Waals surface area (Å²) in [5.41, 5.74) is 1.36. The first kappa shape index (κ1) is 17.3. The van der Waals surface area contributed by atoms with Crippen LogP contribution in [-0.4, -0.2) is 52.4 Å². The Balaban J connectivity index is 1.74. The molecule has 0 aliphatic carbocycles. The van der Waals surface area contributed by atoms with Crippen molar-refractivity contribution < 1.29 is 14.6 Å². The molecule has 0 unspecified atom stereocenters. The minimum atomic E-state index is -0.484. The first-order valence-electron chi connectivity index (χ1n) is 8.56. The third-order valence-electron chi connectivity index (χ3n) is 4.26. The number of pyridine rings is 1. The number of anilines is 1. The number of phenols is 1. The van der Waals surface area contributed by atoms with Crippen molar-refractivity contribution in [3.8, 4) is 5.75 Å². The molecule has 1 aliphatic rings. The van der Waals surface area contributed by atoms with Crippen LogP contribution in [0.2, 0.25) is 0 Å². The number of nitrogens with zero attached hydrogens (tertiary/aromatic N) is 3. The molecule has 0 bridgehead atoms. The van der Waals surface area contributed by atoms with Gasteiger partial charge in [-0.15, -0.1) is 0 Å². The number of carbonyl (C=O) groups is 1. The van der Waals surface area contributed by atoms with E-state index in [-0.39, 0.29) is 17.9 Å². The van der Waals surface area contributed by atoms with Gasteiger partial charge in [-0.1, -0.05) is 0 Å². The highest BCUT2D eigenvalue weighted by Crippen LogP contribution is 2.26. The second-order valence-corrected chi connectivity index (χ2v) is 7.54. The number of aromatic hydroxyl groups is 1. The van der Waals surface area contributed by atoms with E-state index in [1.54, 1.807) is 23.1 Å². The molecule has 0 saturated carbocycles. The van der Waals surface area contributed by atoms with Gasteiger partial charge in [0.2, 0.25) is 0 Å². The fourth-order valence-electron chi connectivity index (χ4n) is 3.10. The smallest absolute Gasteiger partial charge is 0.410 e. The molecule has 1 fully saturated rings. The normalized spacial score (nSPS) is 18.5. The monoisotopic (exact) mass is 343 g/mol. The number of hydrogen-bond donors (Lipinski definition) is 1. The fraction of sp³-hybridized carbons (Fsp3) is 0.474. The summed E-state index contributed by atoms with van der Waals surface area (Å²) < 4.78 is 5.47. The van der Waals surface area contributed by atoms with Gasteiger partial charge >= 0.3 is 6.09 Å². The van der Waals surface area contributed by atoms with Crippen LogP contribution in [0.1, 0.15) is 27.7 Å². The van der Waals surface area contributed by atoms with Crippen LogP contribution in [0.15, 0.2) is 30.5 Å². The van der Waals surface area contributed by atoms with Crippen LogP contribution < -0.4 is 4.90 Å². The summed E-state index contributed by atoms with van der Waals surface area (Å²) in [5, 5.41) is 10.6. The maximum Gasteiger partial charge on any atom is 0.410 e. The molecule has 1 N–H and O–H groups in total. The van der Waals surface area contributed by atoms with E-state index < -0.39 is 5.60 Å². The average Bonchev–Trinajstić information content (AvgIpc) is 2.52. The summed E-state index contributed by atoms with van der Waals surface area (Å²) in [6, 6.07) is 7.34. The van der Waals surface area contributed by atoms with E-state index in [0.29, 0.717) is 19.6 Å². The number of piperazine rings is 1. The standard InChI is InChI=1S/C19H25N3O3/c1-13-12-21(18(24)25-19(2,3)4)7-8-22(13)15-9-14-10-16(23)5-6-17(14)20-11-15/h5-6,9-11,13,23H,7-8,12H2,1-4H3/t13-/m0/s1. The molecule has 1 aromatic carbocycles. The number of rotatable bonds is 1. The first-order valence-corrected chi connectivity index (χ1v) is 8.56. The van der Waals surface area contributed by atoms with E-state index in [1.807, 2.05) is 33.0 Å². The summed E-state index contributed by atoms with van der Waals surface area (Å²) in [6.07, 6.45) is 1.58. The summed E-state index contributed by atoms with van der Waals surface area (Å²) in [6.45, 7) is 9.64. The minimum Gasteiger partial charge on any atom is -0.508 e. The Kier molecular flexibility index (Phi) is 4.45. The van der Waals surface area contributed by atoms with Gasteiger partial charge in [-0.05, 0) is 52.0 Å². The molecule has 6 heteroatoms. The van der Waals surface area contributed by atoms with Crippen molar-refractivity contribution >= 4 is 22.7 Å². The maximum absolute atomic E-state index is 12.3. The number of phenolic OH excluding ortho intramolecular Hbond substituents is 1. The van der Waals surface area contributed by atoms with Gasteiger partial charge in [0.1, 0.15) is 11.4 Å². The molecule has 6 nitrogen and oxygen atoms in total. The summed E-state index contributed by atoms with van der Waals surface area (Å²) >= 11 is 0. The van der Waals surface area contributed by atoms with E-state index in [4.69, 9.17) is 4.74 Å². The van der Waals surface area contributed by atoms with Crippen molar-refractivity contribution in [3.63, 3.8) is 0 Å². The number of carbonyl (C=O) groups excluding carboxylic acids is 1. The van der Waals surface area contributed by atoms with Crippen LogP contribution in [-0.2, 0) is 4.74 Å². The van der Waals surface area contributed by atoms with E-state index in [1.165, 1.54) is 0 Å². The molecule has 0 radical (unpaired) electrons. The molecule has 1 aromatic heterocycles. The van der Waals surface area contributed by atoms with E-state index in [0.717, 1.165) is 16.6 Å². The van der Waals surface area contributed by atoms with Crippen molar-refractivity contribution in [1.82, 2.24) is 9.88 Å². The zero-order valence-corrected chi connectivity index (χ0v) is 15.2. The van der Waals surface area contributed by atoms with Crippen LogP contribution in [0.5, 0.6) is 5.75 Å². The zero-order chi connectivity index (χ0) is 18.2. The lowest BCUT2D eigenvalue weighted by Gasteiger charge is -2.41. The summed E-state index contributed by atoms with van der Waals surface area (Å²) in [7, 11) is 0. The number of aromatic nitrogens is 1. The molecule has 0 spiro atoms. The SMILES string of the molecule is C[C@H]1CN(C(=O)OC(C)(C)C)CCN1c1cnc2ccc(O)cc2c1. The van der Waals surface area contributed by atoms with Crippen molar-refractivity contribution in [2.75, 3.05) is 24.5 Å². The highest BCUT2D eigenvalue weighted by Gasteiger charge is 2.30. The maximum atomic E-state index is 12.3. The predicted octanol–water partition coefficient (Wildman–Crippen LogP) is 3.39. The Morgan fingerprint density at radius 3 is 2.72 bits per heavy atom. The van der Waals surface area contributed by atoms with E-state index in [9.17, 15) is 9.90 Å². The van der Waals surface area contributed by atoms with E-state index >= 15 is 0 Å². The van der Waals surface area contributed by atoms with Gasteiger partial charge in [0.05, 0.1) is 17.4 Å². The van der Waals surface area contributed by atoms with Gasteiger partial charge < -0.3 is 19.6 Å². The van der Waals surface area contributed by atoms with Crippen LogP contribution in [0.3, 0.4) is 0 Å². The lowest BCUT2D eigenvalue weighted by Crippen LogP contribution is -2.54. The molecule has 1 saturated heterocycles. The number of fused-ring (bicyclic) bond motifs is 1. The van der Waals surface area contributed by atoms with E-state index in [2.05, 4.69) is 16.8 Å². The van der Waals surface area contributed by atoms with Gasteiger partial charge in [0, 0.05) is 31.1 Å². The average molecular weight is 343 g/mol. The number of ether oxygens (including phenoxy) is 1. The highest BCUT2D eigenvalue weighted by molar-refractivity contribution is 5.83. The Bertz CT molecular complexity index is 785. The molecule has 1 aliphatic heterocycles. The molecular formula is C19H25N3O3. The number of amides is 1. The number of benzene rings is 1. The van der Waals surface area contributed by atoms with Crippen LogP contribution in [0, 0.1) is 0 Å². The quantitative estimate of drug-likeness (QED) is 0.860. The molecule has 1 amide bonds. The zero-order valence-electron chi connectivity index (χ0n) is 15.2. The molecule has 1 atom stereocenters. The molecule has 25 heavy (non-hydrogen) atoms. The second kappa shape index (κ2) is 6.43. The van der Waals surface area contributed by atoms with Gasteiger partial charge in [-0.3, -0.25) is 4.98 Å². The van der Waals surface area contributed by atoms with Gasteiger partial charge in [-0.2, -0.15) is 0 Å². The van der Waals surface area contributed by atoms with Crippen molar-refractivity contribution in [3.05, 3.63) is 30.5 Å². The third kappa shape index (κ3) is 3.95.